The quantitative estimate of drug-likeness (QED) is 0.368. The predicted octanol–water partition coefficient (Wildman–Crippen LogP) is 3.73. The highest BCUT2D eigenvalue weighted by Crippen LogP contribution is 2.49. The van der Waals surface area contributed by atoms with Crippen molar-refractivity contribution in [2.45, 2.75) is 89.8 Å². The predicted molar refractivity (Wildman–Crippen MR) is 99.3 cm³/mol. The smallest absolute Gasteiger partial charge is 0.119 e. The first-order chi connectivity index (χ1) is 12.2. The van der Waals surface area contributed by atoms with Crippen molar-refractivity contribution in [1.82, 2.24) is 0 Å². The number of ether oxygens (including phenoxy) is 1. The fourth-order valence-corrected chi connectivity index (χ4v) is 4.97. The van der Waals surface area contributed by atoms with E-state index in [1.165, 1.54) is 6.42 Å². The molecule has 4 heteroatoms. The molecule has 0 radical (unpaired) electrons. The second-order valence-electron chi connectivity index (χ2n) is 8.29. The van der Waals surface area contributed by atoms with Crippen molar-refractivity contribution in [3.8, 4) is 0 Å². The molecule has 4 nitrogen and oxygen atoms in total. The second kappa shape index (κ2) is 11.3. The van der Waals surface area contributed by atoms with Crippen LogP contribution in [0.25, 0.3) is 0 Å². The van der Waals surface area contributed by atoms with Gasteiger partial charge in [-0.3, -0.25) is 0 Å². The number of carbonyl (C=O) groups is 1. The molecule has 25 heavy (non-hydrogen) atoms. The van der Waals surface area contributed by atoms with Crippen molar-refractivity contribution in [1.29, 1.82) is 0 Å². The summed E-state index contributed by atoms with van der Waals surface area (Å²) < 4.78 is 5.96. The van der Waals surface area contributed by atoms with Crippen LogP contribution < -0.4 is 0 Å². The zero-order valence-electron chi connectivity index (χ0n) is 15.9. The maximum Gasteiger partial charge on any atom is 0.119 e. The van der Waals surface area contributed by atoms with Crippen molar-refractivity contribution in [3.05, 3.63) is 0 Å². The Balaban J connectivity index is 1.77. The molecule has 146 valence electrons. The molecule has 2 bridgehead atoms. The molecular formula is C21H38O4. The van der Waals surface area contributed by atoms with Crippen LogP contribution in [0.4, 0.5) is 0 Å². The summed E-state index contributed by atoms with van der Waals surface area (Å²) in [7, 11) is 0. The first kappa shape index (κ1) is 20.9. The average molecular weight is 355 g/mol. The molecular weight excluding hydrogens is 316 g/mol. The molecule has 0 aromatic rings. The fraction of sp³-hybridized carbons (Fsp3) is 0.952. The number of aliphatic hydroxyl groups is 2. The number of carbonyl (C=O) groups excluding carboxylic acids is 1. The molecule has 3 unspecified atom stereocenters. The normalized spacial score (nSPS) is 30.5. The first-order valence-corrected chi connectivity index (χ1v) is 10.5. The molecule has 1 saturated carbocycles. The molecule has 1 saturated heterocycles. The molecule has 2 fully saturated rings. The Hall–Kier alpha value is -0.450. The maximum absolute atomic E-state index is 10.5. The summed E-state index contributed by atoms with van der Waals surface area (Å²) in [5.74, 6) is 2.27. The van der Waals surface area contributed by atoms with E-state index < -0.39 is 0 Å². The Morgan fingerprint density at radius 2 is 1.92 bits per heavy atom. The minimum absolute atomic E-state index is 0.144. The minimum atomic E-state index is -0.144. The van der Waals surface area contributed by atoms with Gasteiger partial charge in [-0.2, -0.15) is 0 Å². The van der Waals surface area contributed by atoms with Gasteiger partial charge < -0.3 is 19.7 Å². The van der Waals surface area contributed by atoms with Gasteiger partial charge in [-0.1, -0.05) is 19.8 Å². The summed E-state index contributed by atoms with van der Waals surface area (Å²) in [4.78, 5) is 10.5. The Morgan fingerprint density at radius 3 is 2.64 bits per heavy atom. The minimum Gasteiger partial charge on any atom is -0.396 e. The lowest BCUT2D eigenvalue weighted by Crippen LogP contribution is -2.30. The molecule has 1 aliphatic carbocycles. The maximum atomic E-state index is 10.5. The molecule has 2 rings (SSSR count). The van der Waals surface area contributed by atoms with Gasteiger partial charge in [-0.15, -0.1) is 0 Å². The SMILES string of the molecule is CCCC[C@H](O)CCC1C(CCC(CO)CCCC=O)[C@H]2C[C@@H]1CO2. The van der Waals surface area contributed by atoms with Crippen molar-refractivity contribution < 1.29 is 19.7 Å². The van der Waals surface area contributed by atoms with Crippen molar-refractivity contribution in [2.75, 3.05) is 13.2 Å². The molecule has 6 atom stereocenters. The van der Waals surface area contributed by atoms with Crippen LogP contribution in [0, 0.1) is 23.7 Å². The number of unbranched alkanes of at least 4 members (excludes halogenated alkanes) is 2. The third-order valence-electron chi connectivity index (χ3n) is 6.52. The molecule has 0 amide bonds. The van der Waals surface area contributed by atoms with Gasteiger partial charge in [0.25, 0.3) is 0 Å². The summed E-state index contributed by atoms with van der Waals surface area (Å²) in [6.45, 7) is 3.29. The van der Waals surface area contributed by atoms with Crippen molar-refractivity contribution in [3.63, 3.8) is 0 Å². The molecule has 0 aromatic heterocycles. The largest absolute Gasteiger partial charge is 0.396 e. The summed E-state index contributed by atoms with van der Waals surface area (Å²) in [6.07, 6.45) is 12.2. The number of aldehydes is 1. The Kier molecular flexibility index (Phi) is 9.43. The molecule has 2 aliphatic rings. The summed E-state index contributed by atoms with van der Waals surface area (Å²) >= 11 is 0. The van der Waals surface area contributed by atoms with E-state index in [0.717, 1.165) is 70.7 Å². The van der Waals surface area contributed by atoms with E-state index in [4.69, 9.17) is 4.74 Å². The van der Waals surface area contributed by atoms with Crippen LogP contribution in [0.1, 0.15) is 77.6 Å². The number of fused-ring (bicyclic) bond motifs is 2. The molecule has 1 heterocycles. The van der Waals surface area contributed by atoms with E-state index in [1.807, 2.05) is 0 Å². The fourth-order valence-electron chi connectivity index (χ4n) is 4.97. The zero-order chi connectivity index (χ0) is 18.1. The average Bonchev–Trinajstić information content (AvgIpc) is 3.22. The van der Waals surface area contributed by atoms with Gasteiger partial charge in [0.1, 0.15) is 6.29 Å². The van der Waals surface area contributed by atoms with Crippen LogP contribution in [0.2, 0.25) is 0 Å². The molecule has 1 aliphatic heterocycles. The summed E-state index contributed by atoms with van der Waals surface area (Å²) in [5.41, 5.74) is 0. The van der Waals surface area contributed by atoms with E-state index in [1.54, 1.807) is 0 Å². The van der Waals surface area contributed by atoms with Crippen LogP contribution in [-0.2, 0) is 9.53 Å². The number of aliphatic hydroxyl groups excluding tert-OH is 2. The van der Waals surface area contributed by atoms with Gasteiger partial charge in [-0.05, 0) is 75.0 Å². The lowest BCUT2D eigenvalue weighted by atomic mass is 9.79. The third-order valence-corrected chi connectivity index (χ3v) is 6.52. The number of hydrogen-bond acceptors (Lipinski definition) is 4. The summed E-state index contributed by atoms with van der Waals surface area (Å²) in [6, 6.07) is 0. The van der Waals surface area contributed by atoms with Crippen molar-refractivity contribution >= 4 is 6.29 Å². The molecule has 0 spiro atoms. The third kappa shape index (κ3) is 6.33. The molecule has 2 N–H and O–H groups in total. The van der Waals surface area contributed by atoms with Gasteiger partial charge in [0.15, 0.2) is 0 Å². The zero-order valence-corrected chi connectivity index (χ0v) is 15.9. The van der Waals surface area contributed by atoms with Gasteiger partial charge in [0, 0.05) is 13.0 Å². The van der Waals surface area contributed by atoms with E-state index in [0.29, 0.717) is 36.2 Å². The van der Waals surface area contributed by atoms with Crippen LogP contribution in [0.15, 0.2) is 0 Å². The van der Waals surface area contributed by atoms with Crippen LogP contribution in [-0.4, -0.2) is 41.9 Å². The van der Waals surface area contributed by atoms with Gasteiger partial charge in [0.05, 0.1) is 18.8 Å². The van der Waals surface area contributed by atoms with Crippen LogP contribution >= 0.6 is 0 Å². The lowest BCUT2D eigenvalue weighted by molar-refractivity contribution is -0.108. The first-order valence-electron chi connectivity index (χ1n) is 10.5. The Morgan fingerprint density at radius 1 is 1.12 bits per heavy atom. The Bertz CT molecular complexity index is 373. The monoisotopic (exact) mass is 354 g/mol. The Labute approximate surface area is 153 Å². The van der Waals surface area contributed by atoms with Crippen LogP contribution in [0.3, 0.4) is 0 Å². The summed E-state index contributed by atoms with van der Waals surface area (Å²) in [5, 5.41) is 19.8. The molecule has 0 aromatic carbocycles. The highest BCUT2D eigenvalue weighted by atomic mass is 16.5. The van der Waals surface area contributed by atoms with Gasteiger partial charge >= 0.3 is 0 Å². The number of rotatable bonds is 14. The van der Waals surface area contributed by atoms with E-state index in [-0.39, 0.29) is 12.7 Å². The highest BCUT2D eigenvalue weighted by Gasteiger charge is 2.47. The van der Waals surface area contributed by atoms with Gasteiger partial charge in [-0.25, -0.2) is 0 Å². The lowest BCUT2D eigenvalue weighted by Gasteiger charge is -2.32. The standard InChI is InChI=1S/C21H38O4/c1-2-3-7-18(24)9-11-19-17-13-21(25-15-17)20(19)10-8-16(14-23)6-4-5-12-22/h12,16-21,23-24H,2-11,13-15H2,1H3/t16?,17-,18+,19?,20?,21-/m1/s1. The van der Waals surface area contributed by atoms with Crippen molar-refractivity contribution in [2.24, 2.45) is 23.7 Å². The highest BCUT2D eigenvalue weighted by molar-refractivity contribution is 5.48. The van der Waals surface area contributed by atoms with Gasteiger partial charge in [0.2, 0.25) is 0 Å². The van der Waals surface area contributed by atoms with E-state index in [2.05, 4.69) is 6.92 Å². The van der Waals surface area contributed by atoms with Crippen LogP contribution in [0.5, 0.6) is 0 Å². The topological polar surface area (TPSA) is 66.8 Å². The van der Waals surface area contributed by atoms with E-state index in [9.17, 15) is 15.0 Å². The van der Waals surface area contributed by atoms with E-state index >= 15 is 0 Å². The second-order valence-corrected chi connectivity index (χ2v) is 8.29. The number of hydrogen-bond donors (Lipinski definition) is 2.